The normalized spacial score (nSPS) is 10.9. The Kier molecular flexibility index (Phi) is 10.1. The van der Waals surface area contributed by atoms with Gasteiger partial charge in [0.1, 0.15) is 36.4 Å². The minimum atomic E-state index is -3.76. The van der Waals surface area contributed by atoms with E-state index < -0.39 is 10.0 Å². The molecule has 0 atom stereocenters. The first-order valence-corrected chi connectivity index (χ1v) is 11.9. The predicted octanol–water partition coefficient (Wildman–Crippen LogP) is 2.83. The predicted molar refractivity (Wildman–Crippen MR) is 138 cm³/mol. The Morgan fingerprint density at radius 1 is 0.714 bits per heavy atom. The molecule has 0 unspecified atom stereocenters. The fraction of sp³-hybridized carbons (Fsp3) is 0.167. The highest BCUT2D eigenvalue weighted by atomic mass is 35.5. The Morgan fingerprint density at radius 2 is 1.11 bits per heavy atom. The third kappa shape index (κ3) is 7.71. The first-order chi connectivity index (χ1) is 16.3. The van der Waals surface area contributed by atoms with Gasteiger partial charge in [-0.1, -0.05) is 18.2 Å². The number of nitrogen functional groups attached to an aromatic ring is 2. The molecule has 9 nitrogen and oxygen atoms in total. The van der Waals surface area contributed by atoms with Crippen LogP contribution in [0.2, 0.25) is 0 Å². The zero-order chi connectivity index (χ0) is 24.6. The number of amidine groups is 2. The van der Waals surface area contributed by atoms with Gasteiger partial charge in [-0.2, -0.15) is 4.31 Å². The number of nitrogens with one attached hydrogen (secondary N) is 2. The molecule has 11 heteroatoms. The first-order valence-electron chi connectivity index (χ1n) is 10.5. The fourth-order valence-electron chi connectivity index (χ4n) is 3.09. The van der Waals surface area contributed by atoms with Crippen LogP contribution in [-0.4, -0.2) is 50.7 Å². The van der Waals surface area contributed by atoms with E-state index in [2.05, 4.69) is 0 Å². The molecule has 35 heavy (non-hydrogen) atoms. The number of sulfonamides is 1. The molecule has 0 spiro atoms. The molecular weight excluding hydrogens is 490 g/mol. The van der Waals surface area contributed by atoms with Crippen LogP contribution in [0.3, 0.4) is 0 Å². The summed E-state index contributed by atoms with van der Waals surface area (Å²) in [5, 5.41) is 14.9. The number of halogens is 1. The summed E-state index contributed by atoms with van der Waals surface area (Å²) in [5.41, 5.74) is 12.1. The van der Waals surface area contributed by atoms with Crippen LogP contribution in [0.25, 0.3) is 0 Å². The van der Waals surface area contributed by atoms with E-state index in [1.54, 1.807) is 78.9 Å². The van der Waals surface area contributed by atoms with Crippen molar-refractivity contribution in [3.05, 3.63) is 90.0 Å². The largest absolute Gasteiger partial charge is 0.492 e. The highest BCUT2D eigenvalue weighted by Crippen LogP contribution is 2.17. The van der Waals surface area contributed by atoms with E-state index in [9.17, 15) is 8.42 Å². The molecule has 6 N–H and O–H groups in total. The average Bonchev–Trinajstić information content (AvgIpc) is 2.84. The monoisotopic (exact) mass is 517 g/mol. The molecule has 186 valence electrons. The minimum Gasteiger partial charge on any atom is -0.492 e. The molecule has 0 aliphatic rings. The Labute approximate surface area is 211 Å². The van der Waals surface area contributed by atoms with Crippen LogP contribution in [0.4, 0.5) is 0 Å². The van der Waals surface area contributed by atoms with Crippen LogP contribution >= 0.6 is 12.4 Å². The standard InChI is InChI=1S/C24H27N5O4S.ClH/c25-23(26)18-6-10-20(11-7-18)32-16-14-29(34(30,31)22-4-2-1-3-5-22)15-17-33-21-12-8-19(9-13-21)24(27)28;/h1-13H,14-17H2,(H3,25,26)(H3,27,28);1H. The van der Waals surface area contributed by atoms with Gasteiger partial charge in [0.05, 0.1) is 4.90 Å². The molecular formula is C24H28ClN5O4S. The maximum Gasteiger partial charge on any atom is 0.243 e. The van der Waals surface area contributed by atoms with Crippen molar-refractivity contribution < 1.29 is 17.9 Å². The van der Waals surface area contributed by atoms with Gasteiger partial charge in [-0.15, -0.1) is 12.4 Å². The van der Waals surface area contributed by atoms with Gasteiger partial charge in [-0.25, -0.2) is 8.42 Å². The van der Waals surface area contributed by atoms with Crippen molar-refractivity contribution in [1.82, 2.24) is 4.31 Å². The highest BCUT2D eigenvalue weighted by molar-refractivity contribution is 7.89. The van der Waals surface area contributed by atoms with Crippen molar-refractivity contribution >= 4 is 34.1 Å². The Morgan fingerprint density at radius 3 is 1.49 bits per heavy atom. The average molecular weight is 518 g/mol. The molecule has 0 aliphatic heterocycles. The second kappa shape index (κ2) is 12.7. The Balaban J connectivity index is 0.00000432. The Hall–Kier alpha value is -3.60. The molecule has 0 saturated carbocycles. The van der Waals surface area contributed by atoms with Crippen molar-refractivity contribution in [2.45, 2.75) is 4.90 Å². The van der Waals surface area contributed by atoms with E-state index in [0.717, 1.165) is 0 Å². The topological polar surface area (TPSA) is 156 Å². The first kappa shape index (κ1) is 27.6. The number of nitrogens with two attached hydrogens (primary N) is 2. The molecule has 3 aromatic carbocycles. The number of nitrogens with zero attached hydrogens (tertiary/aromatic N) is 1. The summed E-state index contributed by atoms with van der Waals surface area (Å²) < 4.78 is 39.1. The lowest BCUT2D eigenvalue weighted by Crippen LogP contribution is -2.37. The second-order valence-electron chi connectivity index (χ2n) is 7.29. The summed E-state index contributed by atoms with van der Waals surface area (Å²) in [6.45, 7) is 0.466. The van der Waals surface area contributed by atoms with Crippen LogP contribution in [-0.2, 0) is 10.0 Å². The van der Waals surface area contributed by atoms with E-state index in [4.69, 9.17) is 31.8 Å². The number of hydrogen-bond acceptors (Lipinski definition) is 6. The molecule has 3 aromatic rings. The molecule has 0 heterocycles. The SMILES string of the molecule is Cl.N=C(N)c1ccc(OCCN(CCOc2ccc(C(=N)N)cc2)S(=O)(=O)c2ccccc2)cc1. The number of benzene rings is 3. The molecule has 0 aromatic heterocycles. The van der Waals surface area contributed by atoms with Crippen LogP contribution in [0.1, 0.15) is 11.1 Å². The summed E-state index contributed by atoms with van der Waals surface area (Å²) >= 11 is 0. The van der Waals surface area contributed by atoms with Crippen molar-refractivity contribution in [3.8, 4) is 11.5 Å². The lowest BCUT2D eigenvalue weighted by molar-refractivity contribution is 0.237. The van der Waals surface area contributed by atoms with Crippen molar-refractivity contribution in [3.63, 3.8) is 0 Å². The van der Waals surface area contributed by atoms with E-state index in [-0.39, 0.29) is 55.3 Å². The third-order valence-corrected chi connectivity index (χ3v) is 6.84. The van der Waals surface area contributed by atoms with Crippen LogP contribution < -0.4 is 20.9 Å². The number of hydrogen-bond donors (Lipinski definition) is 4. The molecule has 0 aliphatic carbocycles. The van der Waals surface area contributed by atoms with Gasteiger partial charge in [-0.05, 0) is 60.7 Å². The highest BCUT2D eigenvalue weighted by Gasteiger charge is 2.24. The van der Waals surface area contributed by atoms with E-state index in [0.29, 0.717) is 22.6 Å². The van der Waals surface area contributed by atoms with E-state index in [1.807, 2.05) is 0 Å². The van der Waals surface area contributed by atoms with Gasteiger partial charge in [-0.3, -0.25) is 10.8 Å². The smallest absolute Gasteiger partial charge is 0.243 e. The summed E-state index contributed by atoms with van der Waals surface area (Å²) in [7, 11) is -3.76. The molecule has 0 saturated heterocycles. The maximum atomic E-state index is 13.2. The van der Waals surface area contributed by atoms with Crippen LogP contribution in [0.5, 0.6) is 11.5 Å². The molecule has 3 rings (SSSR count). The van der Waals surface area contributed by atoms with Crippen molar-refractivity contribution in [2.24, 2.45) is 11.5 Å². The molecule has 0 bridgehead atoms. The molecule has 0 fully saturated rings. The van der Waals surface area contributed by atoms with Gasteiger partial charge in [0, 0.05) is 24.2 Å². The fourth-order valence-corrected chi connectivity index (χ4v) is 4.51. The Bertz CT molecular complexity index is 1160. The summed E-state index contributed by atoms with van der Waals surface area (Å²) in [6.07, 6.45) is 0. The molecule has 0 amide bonds. The van der Waals surface area contributed by atoms with E-state index in [1.165, 1.54) is 4.31 Å². The van der Waals surface area contributed by atoms with Gasteiger partial charge < -0.3 is 20.9 Å². The minimum absolute atomic E-state index is 0. The van der Waals surface area contributed by atoms with Gasteiger partial charge in [0.15, 0.2) is 0 Å². The third-order valence-electron chi connectivity index (χ3n) is 4.93. The number of rotatable bonds is 12. The lowest BCUT2D eigenvalue weighted by atomic mass is 10.2. The van der Waals surface area contributed by atoms with Crippen LogP contribution in [0.15, 0.2) is 83.8 Å². The van der Waals surface area contributed by atoms with Crippen molar-refractivity contribution in [2.75, 3.05) is 26.3 Å². The lowest BCUT2D eigenvalue weighted by Gasteiger charge is -2.22. The second-order valence-corrected chi connectivity index (χ2v) is 9.23. The zero-order valence-corrected chi connectivity index (χ0v) is 20.5. The zero-order valence-electron chi connectivity index (χ0n) is 18.9. The molecule has 0 radical (unpaired) electrons. The number of ether oxygens (including phenoxy) is 2. The summed E-state index contributed by atoms with van der Waals surface area (Å²) in [6, 6.07) is 21.6. The van der Waals surface area contributed by atoms with Gasteiger partial charge in [0.25, 0.3) is 0 Å². The maximum absolute atomic E-state index is 13.2. The quantitative estimate of drug-likeness (QED) is 0.214. The van der Waals surface area contributed by atoms with E-state index >= 15 is 0 Å². The van der Waals surface area contributed by atoms with Crippen molar-refractivity contribution in [1.29, 1.82) is 10.8 Å². The van der Waals surface area contributed by atoms with Crippen LogP contribution in [0, 0.1) is 10.8 Å². The summed E-state index contributed by atoms with van der Waals surface area (Å²) in [5.74, 6) is 1.01. The summed E-state index contributed by atoms with van der Waals surface area (Å²) in [4.78, 5) is 0.187. The van der Waals surface area contributed by atoms with Gasteiger partial charge in [0.2, 0.25) is 10.0 Å². The van der Waals surface area contributed by atoms with Gasteiger partial charge >= 0.3 is 0 Å².